The molecule has 1 aromatic heterocycles. The summed E-state index contributed by atoms with van der Waals surface area (Å²) in [5.74, 6) is 0.304. The fourth-order valence-electron chi connectivity index (χ4n) is 1.49. The SMILES string of the molecule is Cc1ccc(C(=O)CSc2cccc[n+]2[O-])cc1. The van der Waals surface area contributed by atoms with E-state index in [0.29, 0.717) is 10.6 Å². The van der Waals surface area contributed by atoms with E-state index in [2.05, 4.69) is 0 Å². The number of Topliss-reactive ketones (excluding diaryl/α,β-unsaturated/α-hetero) is 1. The van der Waals surface area contributed by atoms with E-state index in [4.69, 9.17) is 0 Å². The van der Waals surface area contributed by atoms with Crippen molar-refractivity contribution >= 4 is 17.5 Å². The highest BCUT2D eigenvalue weighted by Gasteiger charge is 2.10. The van der Waals surface area contributed by atoms with Gasteiger partial charge in [0.05, 0.1) is 5.75 Å². The van der Waals surface area contributed by atoms with Crippen LogP contribution in [-0.2, 0) is 0 Å². The minimum absolute atomic E-state index is 0.0313. The van der Waals surface area contributed by atoms with Crippen LogP contribution in [0.15, 0.2) is 53.7 Å². The molecule has 2 aromatic rings. The summed E-state index contributed by atoms with van der Waals surface area (Å²) in [5.41, 5.74) is 1.81. The molecule has 0 N–H and O–H groups in total. The first-order valence-corrected chi connectivity index (χ1v) is 6.56. The molecule has 1 heterocycles. The third-order valence-corrected chi connectivity index (χ3v) is 3.53. The van der Waals surface area contributed by atoms with Gasteiger partial charge in [0.15, 0.2) is 12.0 Å². The van der Waals surface area contributed by atoms with E-state index in [1.54, 1.807) is 18.2 Å². The van der Waals surface area contributed by atoms with Crippen LogP contribution in [0.5, 0.6) is 0 Å². The van der Waals surface area contributed by atoms with Crippen molar-refractivity contribution in [2.75, 3.05) is 5.75 Å². The van der Waals surface area contributed by atoms with Crippen molar-refractivity contribution in [3.8, 4) is 0 Å². The minimum Gasteiger partial charge on any atom is -0.618 e. The van der Waals surface area contributed by atoms with Gasteiger partial charge in [0.25, 0.3) is 5.03 Å². The molecule has 0 fully saturated rings. The Hall–Kier alpha value is -1.81. The van der Waals surface area contributed by atoms with Gasteiger partial charge in [-0.1, -0.05) is 29.8 Å². The predicted molar refractivity (Wildman–Crippen MR) is 71.6 cm³/mol. The van der Waals surface area contributed by atoms with Crippen molar-refractivity contribution in [3.05, 3.63) is 65.0 Å². The molecule has 2 rings (SSSR count). The van der Waals surface area contributed by atoms with Crippen molar-refractivity contribution < 1.29 is 9.52 Å². The molecule has 1 aromatic carbocycles. The number of thioether (sulfide) groups is 1. The summed E-state index contributed by atoms with van der Waals surface area (Å²) in [4.78, 5) is 11.9. The first-order chi connectivity index (χ1) is 8.66. The van der Waals surface area contributed by atoms with E-state index in [-0.39, 0.29) is 11.5 Å². The fraction of sp³-hybridized carbons (Fsp3) is 0.143. The number of pyridine rings is 1. The van der Waals surface area contributed by atoms with Crippen molar-refractivity contribution in [1.82, 2.24) is 0 Å². The molecule has 4 heteroatoms. The van der Waals surface area contributed by atoms with Gasteiger partial charge in [-0.25, -0.2) is 0 Å². The Balaban J connectivity index is 2.01. The number of benzene rings is 1. The maximum absolute atomic E-state index is 11.9. The number of hydrogen-bond acceptors (Lipinski definition) is 3. The van der Waals surface area contributed by atoms with Crippen LogP contribution in [0.25, 0.3) is 0 Å². The molecule has 0 atom stereocenters. The number of carbonyl (C=O) groups is 1. The lowest BCUT2D eigenvalue weighted by Crippen LogP contribution is -2.28. The van der Waals surface area contributed by atoms with Crippen LogP contribution in [0.2, 0.25) is 0 Å². The van der Waals surface area contributed by atoms with E-state index < -0.39 is 0 Å². The molecule has 0 aliphatic heterocycles. The maximum Gasteiger partial charge on any atom is 0.251 e. The lowest BCUT2D eigenvalue weighted by molar-refractivity contribution is -0.645. The van der Waals surface area contributed by atoms with Gasteiger partial charge in [0, 0.05) is 17.7 Å². The van der Waals surface area contributed by atoms with Crippen molar-refractivity contribution in [2.24, 2.45) is 0 Å². The summed E-state index contributed by atoms with van der Waals surface area (Å²) in [6, 6.07) is 12.6. The molecule has 92 valence electrons. The monoisotopic (exact) mass is 259 g/mol. The molecule has 0 amide bonds. The highest BCUT2D eigenvalue weighted by Crippen LogP contribution is 2.15. The van der Waals surface area contributed by atoms with Gasteiger partial charge < -0.3 is 5.21 Å². The van der Waals surface area contributed by atoms with Crippen LogP contribution in [0.4, 0.5) is 0 Å². The highest BCUT2D eigenvalue weighted by atomic mass is 32.2. The second kappa shape index (κ2) is 5.69. The van der Waals surface area contributed by atoms with E-state index in [1.807, 2.05) is 31.2 Å². The summed E-state index contributed by atoms with van der Waals surface area (Å²) < 4.78 is 0.771. The number of hydrogen-bond donors (Lipinski definition) is 0. The Kier molecular flexibility index (Phi) is 3.99. The van der Waals surface area contributed by atoms with Crippen LogP contribution in [0.1, 0.15) is 15.9 Å². The molecule has 0 saturated carbocycles. The standard InChI is InChI=1S/C14H13NO2S/c1-11-5-7-12(8-6-11)13(16)10-18-14-4-2-3-9-15(14)17/h2-9H,10H2,1H3. The lowest BCUT2D eigenvalue weighted by Gasteiger charge is -2.03. The summed E-state index contributed by atoms with van der Waals surface area (Å²) in [6.45, 7) is 1.98. The fourth-order valence-corrected chi connectivity index (χ4v) is 2.30. The van der Waals surface area contributed by atoms with Gasteiger partial charge in [-0.3, -0.25) is 4.79 Å². The van der Waals surface area contributed by atoms with E-state index in [9.17, 15) is 10.0 Å². The average Bonchev–Trinajstić information content (AvgIpc) is 2.38. The van der Waals surface area contributed by atoms with Gasteiger partial charge in [-0.2, -0.15) is 4.73 Å². The minimum atomic E-state index is 0.0313. The molecule has 0 aliphatic carbocycles. The van der Waals surface area contributed by atoms with Crippen molar-refractivity contribution in [2.45, 2.75) is 11.9 Å². The second-order valence-corrected chi connectivity index (χ2v) is 4.94. The zero-order valence-electron chi connectivity index (χ0n) is 10.00. The Morgan fingerprint density at radius 2 is 1.94 bits per heavy atom. The Labute approximate surface area is 110 Å². The molecular formula is C14H13NO2S. The molecule has 0 radical (unpaired) electrons. The smallest absolute Gasteiger partial charge is 0.251 e. The van der Waals surface area contributed by atoms with Gasteiger partial charge in [-0.05, 0) is 24.8 Å². The number of carbonyl (C=O) groups excluding carboxylic acids is 1. The highest BCUT2D eigenvalue weighted by molar-refractivity contribution is 7.99. The number of ketones is 1. The van der Waals surface area contributed by atoms with Gasteiger partial charge in [0.2, 0.25) is 0 Å². The topological polar surface area (TPSA) is 44.0 Å². The van der Waals surface area contributed by atoms with Crippen molar-refractivity contribution in [1.29, 1.82) is 0 Å². The largest absolute Gasteiger partial charge is 0.618 e. The second-order valence-electron chi connectivity index (χ2n) is 3.94. The van der Waals surface area contributed by atoms with E-state index in [1.165, 1.54) is 18.0 Å². The maximum atomic E-state index is 11.9. The quantitative estimate of drug-likeness (QED) is 0.367. The lowest BCUT2D eigenvalue weighted by atomic mass is 10.1. The summed E-state index contributed by atoms with van der Waals surface area (Å²) in [5, 5.41) is 11.9. The molecule has 0 bridgehead atoms. The predicted octanol–water partition coefficient (Wildman–Crippen LogP) is 2.60. The van der Waals surface area contributed by atoms with Crippen LogP contribution in [-0.4, -0.2) is 11.5 Å². The third-order valence-electron chi connectivity index (χ3n) is 2.51. The molecular weight excluding hydrogens is 246 g/mol. The number of rotatable bonds is 4. The molecule has 3 nitrogen and oxygen atoms in total. The number of aryl methyl sites for hydroxylation is 1. The summed E-state index contributed by atoms with van der Waals surface area (Å²) in [7, 11) is 0. The van der Waals surface area contributed by atoms with Gasteiger partial charge in [0.1, 0.15) is 0 Å². The first-order valence-electron chi connectivity index (χ1n) is 5.57. The zero-order valence-corrected chi connectivity index (χ0v) is 10.8. The Morgan fingerprint density at radius 1 is 1.22 bits per heavy atom. The van der Waals surface area contributed by atoms with E-state index >= 15 is 0 Å². The average molecular weight is 259 g/mol. The molecule has 0 aliphatic rings. The first kappa shape index (κ1) is 12.6. The Bertz CT molecular complexity index is 552. The number of aromatic nitrogens is 1. The van der Waals surface area contributed by atoms with Crippen LogP contribution >= 0.6 is 11.8 Å². The van der Waals surface area contributed by atoms with Crippen LogP contribution in [0.3, 0.4) is 0 Å². The zero-order chi connectivity index (χ0) is 13.0. The Morgan fingerprint density at radius 3 is 2.61 bits per heavy atom. The number of nitrogens with zero attached hydrogens (tertiary/aromatic N) is 1. The molecule has 0 unspecified atom stereocenters. The normalized spacial score (nSPS) is 10.3. The molecule has 18 heavy (non-hydrogen) atoms. The summed E-state index contributed by atoms with van der Waals surface area (Å²) >= 11 is 1.26. The van der Waals surface area contributed by atoms with Gasteiger partial charge in [-0.15, -0.1) is 0 Å². The third kappa shape index (κ3) is 3.11. The van der Waals surface area contributed by atoms with Crippen LogP contribution < -0.4 is 4.73 Å². The van der Waals surface area contributed by atoms with Crippen molar-refractivity contribution in [3.63, 3.8) is 0 Å². The van der Waals surface area contributed by atoms with E-state index in [0.717, 1.165) is 10.3 Å². The molecule has 0 saturated heterocycles. The summed E-state index contributed by atoms with van der Waals surface area (Å²) in [6.07, 6.45) is 1.43. The van der Waals surface area contributed by atoms with Crippen LogP contribution in [0, 0.1) is 12.1 Å². The van der Waals surface area contributed by atoms with Gasteiger partial charge >= 0.3 is 0 Å². The molecule has 0 spiro atoms.